The predicted octanol–water partition coefficient (Wildman–Crippen LogP) is 2.92. The van der Waals surface area contributed by atoms with Crippen molar-refractivity contribution in [2.24, 2.45) is 5.41 Å². The summed E-state index contributed by atoms with van der Waals surface area (Å²) in [6, 6.07) is 11.3. The zero-order valence-electron chi connectivity index (χ0n) is 20.7. The molecule has 1 aromatic carbocycles. The summed E-state index contributed by atoms with van der Waals surface area (Å²) in [6.45, 7) is 8.96. The largest absolute Gasteiger partial charge is 0.342 e. The SMILES string of the molecule is CCN1CC[C@]2(CCN(C(=O)C[C@]3(c4ccccc4C)CC(=O)N(Cc4ccncc4)C3=O)C2)C1. The fourth-order valence-electron chi connectivity index (χ4n) is 6.33. The van der Waals surface area contributed by atoms with Crippen LogP contribution in [0.1, 0.15) is 49.3 Å². The summed E-state index contributed by atoms with van der Waals surface area (Å²) < 4.78 is 0. The third-order valence-electron chi connectivity index (χ3n) is 8.37. The molecule has 0 unspecified atom stereocenters. The highest BCUT2D eigenvalue weighted by Crippen LogP contribution is 2.44. The number of nitrogens with zero attached hydrogens (tertiary/aromatic N) is 4. The standard InChI is InChI=1S/C28H34N4O3/c1-3-30-14-10-27(19-30)11-15-31(20-27)24(33)16-28(23-7-5-4-6-21(23)2)17-25(34)32(26(28)35)18-22-8-12-29-13-9-22/h4-9,12-13H,3,10-11,14-20H2,1-2H3/t27-,28+/m0/s1. The van der Waals surface area contributed by atoms with Crippen LogP contribution >= 0.6 is 0 Å². The molecule has 7 nitrogen and oxygen atoms in total. The summed E-state index contributed by atoms with van der Waals surface area (Å²) in [7, 11) is 0. The van der Waals surface area contributed by atoms with E-state index < -0.39 is 5.41 Å². The Balaban J connectivity index is 1.42. The Labute approximate surface area is 207 Å². The Morgan fingerprint density at radius 3 is 2.49 bits per heavy atom. The smallest absolute Gasteiger partial charge is 0.241 e. The maximum absolute atomic E-state index is 14.0. The normalized spacial score (nSPS) is 26.9. The van der Waals surface area contributed by atoms with Crippen LogP contribution in [0.25, 0.3) is 0 Å². The third kappa shape index (κ3) is 4.27. The van der Waals surface area contributed by atoms with E-state index >= 15 is 0 Å². The highest BCUT2D eigenvalue weighted by molar-refractivity contribution is 6.10. The Hall–Kier alpha value is -3.06. The summed E-state index contributed by atoms with van der Waals surface area (Å²) in [4.78, 5) is 50.7. The van der Waals surface area contributed by atoms with Crippen LogP contribution in [0.4, 0.5) is 0 Å². The number of carbonyl (C=O) groups is 3. The average molecular weight is 475 g/mol. The van der Waals surface area contributed by atoms with Crippen LogP contribution in [0.15, 0.2) is 48.8 Å². The number of imide groups is 1. The van der Waals surface area contributed by atoms with Crippen molar-refractivity contribution in [1.29, 1.82) is 0 Å². The molecule has 0 saturated carbocycles. The van der Waals surface area contributed by atoms with Crippen LogP contribution < -0.4 is 0 Å². The molecule has 3 aliphatic rings. The molecule has 0 N–H and O–H groups in total. The van der Waals surface area contributed by atoms with E-state index in [4.69, 9.17) is 0 Å². The van der Waals surface area contributed by atoms with Crippen LogP contribution in [0.2, 0.25) is 0 Å². The molecule has 0 aliphatic carbocycles. The number of aromatic nitrogens is 1. The molecule has 1 aromatic heterocycles. The first kappa shape index (κ1) is 23.7. The van der Waals surface area contributed by atoms with E-state index in [1.807, 2.05) is 48.2 Å². The van der Waals surface area contributed by atoms with Crippen molar-refractivity contribution in [3.8, 4) is 0 Å². The number of hydrogen-bond acceptors (Lipinski definition) is 5. The second-order valence-corrected chi connectivity index (χ2v) is 10.6. The monoisotopic (exact) mass is 474 g/mol. The number of amides is 3. The molecular formula is C28H34N4O3. The van der Waals surface area contributed by atoms with Gasteiger partial charge in [0, 0.05) is 50.3 Å². The molecule has 3 aliphatic heterocycles. The predicted molar refractivity (Wildman–Crippen MR) is 132 cm³/mol. The quantitative estimate of drug-likeness (QED) is 0.602. The van der Waals surface area contributed by atoms with Crippen molar-refractivity contribution in [2.75, 3.05) is 32.7 Å². The van der Waals surface area contributed by atoms with E-state index in [0.29, 0.717) is 0 Å². The molecule has 3 saturated heterocycles. The lowest BCUT2D eigenvalue weighted by Gasteiger charge is -2.31. The first-order chi connectivity index (χ1) is 16.9. The molecule has 3 amide bonds. The van der Waals surface area contributed by atoms with Crippen LogP contribution in [-0.4, -0.2) is 70.1 Å². The highest BCUT2D eigenvalue weighted by atomic mass is 16.2. The van der Waals surface area contributed by atoms with Crippen molar-refractivity contribution in [3.05, 3.63) is 65.5 Å². The molecular weight excluding hydrogens is 440 g/mol. The fraction of sp³-hybridized carbons (Fsp3) is 0.500. The van der Waals surface area contributed by atoms with Gasteiger partial charge < -0.3 is 9.80 Å². The Kier molecular flexibility index (Phi) is 6.21. The molecule has 0 radical (unpaired) electrons. The van der Waals surface area contributed by atoms with Crippen molar-refractivity contribution in [1.82, 2.24) is 19.7 Å². The van der Waals surface area contributed by atoms with E-state index in [-0.39, 0.29) is 42.5 Å². The molecule has 7 heteroatoms. The van der Waals surface area contributed by atoms with Crippen molar-refractivity contribution < 1.29 is 14.4 Å². The summed E-state index contributed by atoms with van der Waals surface area (Å²) in [5.41, 5.74) is 1.57. The van der Waals surface area contributed by atoms with Gasteiger partial charge in [-0.3, -0.25) is 24.3 Å². The molecule has 1 spiro atoms. The van der Waals surface area contributed by atoms with Gasteiger partial charge in [0.2, 0.25) is 17.7 Å². The van der Waals surface area contributed by atoms with E-state index in [1.54, 1.807) is 12.4 Å². The lowest BCUT2D eigenvalue weighted by Crippen LogP contribution is -2.43. The van der Waals surface area contributed by atoms with Crippen molar-refractivity contribution in [2.45, 2.75) is 51.5 Å². The van der Waals surface area contributed by atoms with E-state index in [9.17, 15) is 14.4 Å². The minimum Gasteiger partial charge on any atom is -0.342 e. The summed E-state index contributed by atoms with van der Waals surface area (Å²) in [5.74, 6) is -0.518. The van der Waals surface area contributed by atoms with Crippen LogP contribution in [-0.2, 0) is 26.3 Å². The number of likely N-dealkylation sites (tertiary alicyclic amines) is 3. The first-order valence-electron chi connectivity index (χ1n) is 12.7. The van der Waals surface area contributed by atoms with Crippen molar-refractivity contribution >= 4 is 17.7 Å². The number of benzene rings is 1. The zero-order valence-corrected chi connectivity index (χ0v) is 20.7. The zero-order chi connectivity index (χ0) is 24.6. The molecule has 4 heterocycles. The Bertz CT molecular complexity index is 1140. The number of aryl methyl sites for hydroxylation is 1. The van der Waals surface area contributed by atoms with E-state index in [0.717, 1.165) is 62.3 Å². The second kappa shape index (κ2) is 9.19. The van der Waals surface area contributed by atoms with E-state index in [1.165, 1.54) is 4.90 Å². The van der Waals surface area contributed by atoms with Gasteiger partial charge in [-0.2, -0.15) is 0 Å². The summed E-state index contributed by atoms with van der Waals surface area (Å²) in [6.07, 6.45) is 5.49. The molecule has 2 aromatic rings. The molecule has 3 fully saturated rings. The number of hydrogen-bond donors (Lipinski definition) is 0. The molecule has 35 heavy (non-hydrogen) atoms. The molecule has 5 rings (SSSR count). The molecule has 184 valence electrons. The minimum absolute atomic E-state index is 0.0213. The van der Waals surface area contributed by atoms with Gasteiger partial charge in [-0.1, -0.05) is 31.2 Å². The van der Waals surface area contributed by atoms with Gasteiger partial charge in [-0.25, -0.2) is 0 Å². The van der Waals surface area contributed by atoms with Gasteiger partial charge in [-0.05, 0) is 61.7 Å². The van der Waals surface area contributed by atoms with Gasteiger partial charge in [-0.15, -0.1) is 0 Å². The van der Waals surface area contributed by atoms with Crippen molar-refractivity contribution in [3.63, 3.8) is 0 Å². The topological polar surface area (TPSA) is 73.8 Å². The van der Waals surface area contributed by atoms with Crippen LogP contribution in [0, 0.1) is 12.3 Å². The second-order valence-electron chi connectivity index (χ2n) is 10.6. The van der Waals surface area contributed by atoms with Gasteiger partial charge >= 0.3 is 0 Å². The maximum atomic E-state index is 14.0. The average Bonchev–Trinajstić information content (AvgIpc) is 3.54. The van der Waals surface area contributed by atoms with Gasteiger partial charge in [0.05, 0.1) is 12.0 Å². The third-order valence-corrected chi connectivity index (χ3v) is 8.37. The minimum atomic E-state index is -1.16. The Morgan fingerprint density at radius 2 is 1.77 bits per heavy atom. The number of rotatable bonds is 6. The number of pyridine rings is 1. The van der Waals surface area contributed by atoms with Gasteiger partial charge in [0.15, 0.2) is 0 Å². The Morgan fingerprint density at radius 1 is 1.03 bits per heavy atom. The van der Waals surface area contributed by atoms with Gasteiger partial charge in [0.25, 0.3) is 0 Å². The highest BCUT2D eigenvalue weighted by Gasteiger charge is 2.55. The summed E-state index contributed by atoms with van der Waals surface area (Å²) >= 11 is 0. The van der Waals surface area contributed by atoms with E-state index in [2.05, 4.69) is 16.8 Å². The number of carbonyl (C=O) groups excluding carboxylic acids is 3. The fourth-order valence-corrected chi connectivity index (χ4v) is 6.33. The van der Waals surface area contributed by atoms with Crippen LogP contribution in [0.5, 0.6) is 0 Å². The first-order valence-corrected chi connectivity index (χ1v) is 12.7. The lowest BCUT2D eigenvalue weighted by molar-refractivity contribution is -0.143. The lowest BCUT2D eigenvalue weighted by atomic mass is 9.74. The molecule has 0 bridgehead atoms. The maximum Gasteiger partial charge on any atom is 0.241 e. The van der Waals surface area contributed by atoms with Gasteiger partial charge in [0.1, 0.15) is 0 Å². The summed E-state index contributed by atoms with van der Waals surface area (Å²) in [5, 5.41) is 0. The molecule has 2 atom stereocenters. The van der Waals surface area contributed by atoms with Crippen LogP contribution in [0.3, 0.4) is 0 Å².